The maximum atomic E-state index is 13.0. The van der Waals surface area contributed by atoms with Crippen LogP contribution in [0.3, 0.4) is 0 Å². The standard InChI is InChI=1S/C47H69NO4S/c1-42(2)36(34-13-15-35(16-14-34)41(49)52-32-33-10-7-6-8-11-33)19-22-43(3)39(42)20-23-45(5)40(43)18-17-37-38-12-9-21-47(38,25-24-44(37,45)4)48-29-26-46(50)27-30-53(51)31-28-46/h6-8,10-11,13,19,35,37-40,48,50H,9,12,14-18,20-32H2,1-5H3/t35?,37?,38-,39?,40?,43?,44-,45?,46?,47?,53?/m1/s1. The second kappa shape index (κ2) is 14.0. The number of fused-ring (bicyclic) bond motifs is 7. The van der Waals surface area contributed by atoms with Gasteiger partial charge in [0, 0.05) is 27.8 Å². The van der Waals surface area contributed by atoms with Crippen LogP contribution < -0.4 is 5.32 Å². The van der Waals surface area contributed by atoms with Crippen LogP contribution in [0, 0.1) is 51.2 Å². The lowest BCUT2D eigenvalue weighted by molar-refractivity contribution is -0.218. The third-order valence-corrected chi connectivity index (χ3v) is 19.2. The number of carbonyl (C=O) groups excluding carboxylic acids is 1. The fourth-order valence-electron chi connectivity index (χ4n) is 14.8. The Hall–Kier alpha value is -1.76. The van der Waals surface area contributed by atoms with E-state index in [2.05, 4.69) is 52.1 Å². The van der Waals surface area contributed by atoms with E-state index >= 15 is 0 Å². The molecule has 53 heavy (non-hydrogen) atoms. The van der Waals surface area contributed by atoms with E-state index in [1.54, 1.807) is 5.57 Å². The fourth-order valence-corrected chi connectivity index (χ4v) is 16.2. The lowest BCUT2D eigenvalue weighted by atomic mass is 9.33. The molecule has 0 bridgehead atoms. The number of carbonyl (C=O) groups is 1. The third-order valence-electron chi connectivity index (χ3n) is 17.9. The highest BCUT2D eigenvalue weighted by molar-refractivity contribution is 7.85. The average molecular weight is 744 g/mol. The minimum atomic E-state index is -0.741. The number of aliphatic hydroxyl groups is 1. The summed E-state index contributed by atoms with van der Waals surface area (Å²) in [5.74, 6) is 4.16. The molecular formula is C47H69NO4S. The molecule has 7 unspecified atom stereocenters. The molecule has 0 aromatic heterocycles. The second-order valence-electron chi connectivity index (χ2n) is 20.4. The zero-order valence-corrected chi connectivity index (χ0v) is 34.5. The topological polar surface area (TPSA) is 75.6 Å². The van der Waals surface area contributed by atoms with Crippen molar-refractivity contribution in [3.8, 4) is 0 Å². The van der Waals surface area contributed by atoms with Gasteiger partial charge >= 0.3 is 5.97 Å². The van der Waals surface area contributed by atoms with Crippen molar-refractivity contribution in [2.24, 2.45) is 51.2 Å². The first-order chi connectivity index (χ1) is 25.2. The van der Waals surface area contributed by atoms with Crippen LogP contribution in [0.15, 0.2) is 53.6 Å². The van der Waals surface area contributed by atoms with Crippen LogP contribution in [-0.4, -0.2) is 44.5 Å². The number of hydrogen-bond acceptors (Lipinski definition) is 5. The quantitative estimate of drug-likeness (QED) is 0.260. The minimum Gasteiger partial charge on any atom is -0.461 e. The van der Waals surface area contributed by atoms with Crippen LogP contribution in [-0.2, 0) is 26.9 Å². The first-order valence-corrected chi connectivity index (χ1v) is 23.1. The van der Waals surface area contributed by atoms with Crippen molar-refractivity contribution in [3.63, 3.8) is 0 Å². The van der Waals surface area contributed by atoms with Gasteiger partial charge in [0.1, 0.15) is 6.61 Å². The first-order valence-electron chi connectivity index (χ1n) is 21.7. The molecule has 1 saturated heterocycles. The Morgan fingerprint density at radius 3 is 2.36 bits per heavy atom. The van der Waals surface area contributed by atoms with Crippen LogP contribution in [0.4, 0.5) is 0 Å². The largest absolute Gasteiger partial charge is 0.461 e. The summed E-state index contributed by atoms with van der Waals surface area (Å²) in [4.78, 5) is 13.0. The summed E-state index contributed by atoms with van der Waals surface area (Å²) in [6, 6.07) is 10.0. The molecule has 0 amide bonds. The van der Waals surface area contributed by atoms with Crippen molar-refractivity contribution in [1.82, 2.24) is 5.32 Å². The lowest BCUT2D eigenvalue weighted by Gasteiger charge is -2.72. The summed E-state index contributed by atoms with van der Waals surface area (Å²) in [6.45, 7) is 14.5. The Balaban J connectivity index is 0.952. The molecule has 7 aliphatic rings. The van der Waals surface area contributed by atoms with Crippen molar-refractivity contribution in [2.45, 2.75) is 155 Å². The van der Waals surface area contributed by atoms with Crippen molar-refractivity contribution in [3.05, 3.63) is 59.2 Å². The van der Waals surface area contributed by atoms with Crippen molar-refractivity contribution >= 4 is 16.8 Å². The molecule has 1 heterocycles. The summed E-state index contributed by atoms with van der Waals surface area (Å²) in [7, 11) is -0.741. The van der Waals surface area contributed by atoms with Crippen LogP contribution in [0.2, 0.25) is 0 Å². The predicted molar refractivity (Wildman–Crippen MR) is 215 cm³/mol. The van der Waals surface area contributed by atoms with E-state index in [1.165, 1.54) is 69.8 Å². The number of benzene rings is 1. The second-order valence-corrected chi connectivity index (χ2v) is 22.1. The Bertz CT molecular complexity index is 1620. The Kier molecular flexibility index (Phi) is 10.1. The molecule has 6 heteroatoms. The molecule has 2 N–H and O–H groups in total. The van der Waals surface area contributed by atoms with E-state index < -0.39 is 16.4 Å². The van der Waals surface area contributed by atoms with Gasteiger partial charge in [-0.3, -0.25) is 9.00 Å². The summed E-state index contributed by atoms with van der Waals surface area (Å²) >= 11 is 0. The normalized spacial score (nSPS) is 44.7. The molecule has 6 aliphatic carbocycles. The average Bonchev–Trinajstić information content (AvgIpc) is 3.57. The molecule has 1 aromatic rings. The van der Waals surface area contributed by atoms with E-state index in [0.29, 0.717) is 53.1 Å². The molecule has 292 valence electrons. The first kappa shape index (κ1) is 38.1. The molecule has 9 atom stereocenters. The summed E-state index contributed by atoms with van der Waals surface area (Å²) in [5.41, 5.74) is 4.85. The van der Waals surface area contributed by atoms with Gasteiger partial charge in [-0.2, -0.15) is 0 Å². The molecule has 0 spiro atoms. The molecular weight excluding hydrogens is 675 g/mol. The van der Waals surface area contributed by atoms with E-state index in [9.17, 15) is 14.1 Å². The highest BCUT2D eigenvalue weighted by atomic mass is 32.2. The number of allylic oxidation sites excluding steroid dienone is 4. The molecule has 0 radical (unpaired) electrons. The summed E-state index contributed by atoms with van der Waals surface area (Å²) in [6.07, 6.45) is 23.1. The number of esters is 1. The van der Waals surface area contributed by atoms with Crippen molar-refractivity contribution in [1.29, 1.82) is 0 Å². The van der Waals surface area contributed by atoms with E-state index in [-0.39, 0.29) is 22.8 Å². The van der Waals surface area contributed by atoms with Gasteiger partial charge in [0.05, 0.1) is 11.5 Å². The maximum absolute atomic E-state index is 13.0. The Morgan fingerprint density at radius 1 is 0.849 bits per heavy atom. The monoisotopic (exact) mass is 743 g/mol. The lowest BCUT2D eigenvalue weighted by Crippen LogP contribution is -2.67. The van der Waals surface area contributed by atoms with Crippen LogP contribution in [0.25, 0.3) is 0 Å². The van der Waals surface area contributed by atoms with Crippen LogP contribution in [0.1, 0.15) is 143 Å². The van der Waals surface area contributed by atoms with Gasteiger partial charge in [0.2, 0.25) is 0 Å². The SMILES string of the molecule is CC1(C)C(C2=CCC(C(=O)OCc3ccccc3)CC2)=CCC2(C)C1CCC1(C)C2CCC2[C@H]3CCCC3(NCCC3(O)CCS(=O)CC3)CC[C@]21C. The number of hydrogen-bond donors (Lipinski definition) is 2. The summed E-state index contributed by atoms with van der Waals surface area (Å²) in [5, 5.41) is 15.4. The number of rotatable bonds is 8. The van der Waals surface area contributed by atoms with Crippen LogP contribution >= 0.6 is 0 Å². The molecule has 8 rings (SSSR count). The summed E-state index contributed by atoms with van der Waals surface area (Å²) < 4.78 is 17.7. The number of ether oxygens (including phenoxy) is 1. The third kappa shape index (κ3) is 6.39. The van der Waals surface area contributed by atoms with E-state index in [4.69, 9.17) is 4.74 Å². The Labute approximate surface area is 323 Å². The van der Waals surface area contributed by atoms with Gasteiger partial charge in [-0.05, 0) is 165 Å². The fraction of sp³-hybridized carbons (Fsp3) is 0.766. The molecule has 1 aliphatic heterocycles. The van der Waals surface area contributed by atoms with Gasteiger partial charge in [-0.15, -0.1) is 0 Å². The van der Waals surface area contributed by atoms with Gasteiger partial charge in [-0.25, -0.2) is 0 Å². The molecule has 5 nitrogen and oxygen atoms in total. The van der Waals surface area contributed by atoms with E-state index in [1.807, 2.05) is 30.3 Å². The highest BCUT2D eigenvalue weighted by Crippen LogP contribution is 2.76. The van der Waals surface area contributed by atoms with Gasteiger partial charge in [0.15, 0.2) is 0 Å². The maximum Gasteiger partial charge on any atom is 0.309 e. The van der Waals surface area contributed by atoms with E-state index in [0.717, 1.165) is 55.5 Å². The molecule has 5 fully saturated rings. The molecule has 1 aromatic carbocycles. The molecule has 4 saturated carbocycles. The Morgan fingerprint density at radius 2 is 1.62 bits per heavy atom. The van der Waals surface area contributed by atoms with Crippen molar-refractivity contribution < 1.29 is 18.8 Å². The zero-order valence-electron chi connectivity index (χ0n) is 33.7. The smallest absolute Gasteiger partial charge is 0.309 e. The zero-order chi connectivity index (χ0) is 37.3. The highest BCUT2D eigenvalue weighted by Gasteiger charge is 2.69. The van der Waals surface area contributed by atoms with Gasteiger partial charge in [-0.1, -0.05) is 83.5 Å². The predicted octanol–water partition coefficient (Wildman–Crippen LogP) is 9.85. The minimum absolute atomic E-state index is 0.0353. The van der Waals surface area contributed by atoms with Gasteiger partial charge in [0.25, 0.3) is 0 Å². The number of nitrogens with one attached hydrogen (secondary N) is 1. The van der Waals surface area contributed by atoms with Gasteiger partial charge < -0.3 is 15.2 Å². The van der Waals surface area contributed by atoms with Crippen LogP contribution in [0.5, 0.6) is 0 Å². The van der Waals surface area contributed by atoms with Crippen molar-refractivity contribution in [2.75, 3.05) is 18.1 Å².